The predicted octanol–water partition coefficient (Wildman–Crippen LogP) is 18.9. The highest BCUT2D eigenvalue weighted by molar-refractivity contribution is 7.89. The number of non-ortho nitro benzene ring substituents is 2. The molecule has 25 heteroatoms. The van der Waals surface area contributed by atoms with Crippen LogP contribution in [0.1, 0.15) is 103 Å². The third-order valence-corrected chi connectivity index (χ3v) is 24.6. The van der Waals surface area contributed by atoms with Crippen LogP contribution >= 0.6 is 69.6 Å². The lowest BCUT2D eigenvalue weighted by atomic mass is 9.54. The van der Waals surface area contributed by atoms with Crippen LogP contribution in [0, 0.1) is 36.5 Å². The molecular weight excluding hydrogens is 1530 g/mol. The molecule has 6 fully saturated rings. The summed E-state index contributed by atoms with van der Waals surface area (Å²) >= 11 is 36.4. The quantitative estimate of drug-likeness (QED) is 0.0470. The number of rotatable bonds is 17. The molecule has 3 heterocycles. The van der Waals surface area contributed by atoms with Crippen LogP contribution in [0.4, 0.5) is 11.4 Å². The van der Waals surface area contributed by atoms with Crippen molar-refractivity contribution in [3.8, 4) is 0 Å². The molecule has 0 bridgehead atoms. The number of amides is 3. The smallest absolute Gasteiger partial charge is 0.269 e. The van der Waals surface area contributed by atoms with E-state index in [2.05, 4.69) is 13.2 Å². The third-order valence-electron chi connectivity index (χ3n) is 20.7. The number of nitro groups is 2. The number of halogens is 6. The van der Waals surface area contributed by atoms with Gasteiger partial charge in [0.25, 0.3) is 17.3 Å². The molecule has 0 atom stereocenters. The zero-order chi connectivity index (χ0) is 78.3. The summed E-state index contributed by atoms with van der Waals surface area (Å²) in [6.07, 6.45) is 17.9. The molecule has 3 saturated carbocycles. The summed E-state index contributed by atoms with van der Waals surface area (Å²) in [4.78, 5) is 104. The second-order valence-corrected chi connectivity index (χ2v) is 31.6. The summed E-state index contributed by atoms with van der Waals surface area (Å²) in [5.41, 5.74) is 7.28. The number of ketones is 3. The first kappa shape index (κ1) is 80.3. The van der Waals surface area contributed by atoms with Gasteiger partial charge in [0.2, 0.25) is 21.8 Å². The maximum absolute atomic E-state index is 13.6. The number of carbonyl (C=O) groups excluding carboxylic acids is 6. The fraction of sp³-hybridized carbons (Fsp3) is 0.238. The van der Waals surface area contributed by atoms with Crippen molar-refractivity contribution in [2.75, 3.05) is 52.4 Å². The number of nitrogens with zero attached hydrogens (tertiary/aromatic N) is 6. The van der Waals surface area contributed by atoms with Gasteiger partial charge in [-0.2, -0.15) is 4.31 Å². The molecule has 18 nitrogen and oxygen atoms in total. The molecule has 13 rings (SSSR count). The van der Waals surface area contributed by atoms with Gasteiger partial charge in [-0.3, -0.25) is 49.0 Å². The standard InChI is InChI=1S/C35H36N4O8S.C25H19Cl4NO2.C24H19Cl2NO2/c1-3-19-37(20-4-2)48(46,47)30-15-9-27(10-16-30)34(41)36-21-17-35(18-22-36)31(23-25-5-11-28(12-6-25)38(42)43)33(40)32(35)24-26-7-13-29(14-8-26)39(44)45;1-2-23(31)30-9-7-25(8-10-30)17(11-15-3-5-19(26)21(28)13-15)24(32)18(25)12-16-4-6-20(27)22(29)14-16;1-2-22(28)27-12-11-24(15-27)20(13-16-3-7-18(25)8-4-16)23(29)21(24)14-17-5-9-19(26)10-6-17/h5-16,23-24H,3-4,17-22H2,1-2H3;2-6,11-14H,1,7-10H2;2-10,13-14H,1,11-12,15H2/b31-23-,32-24-;17-11-,18-12-;20-13-,21-14-. The average molecular weight is 1600 g/mol. The number of carbonyl (C=O) groups is 6. The molecule has 0 unspecified atom stereocenters. The minimum Gasteiger partial charge on any atom is -0.339 e. The van der Waals surface area contributed by atoms with E-state index in [0.717, 1.165) is 33.4 Å². The number of likely N-dealkylation sites (tertiary alicyclic amines) is 3. The van der Waals surface area contributed by atoms with Gasteiger partial charge in [-0.15, -0.1) is 0 Å². The van der Waals surface area contributed by atoms with Crippen molar-refractivity contribution in [2.24, 2.45) is 16.2 Å². The van der Waals surface area contributed by atoms with Crippen LogP contribution in [0.3, 0.4) is 0 Å². The summed E-state index contributed by atoms with van der Waals surface area (Å²) in [6, 6.07) is 43.1. The second kappa shape index (κ2) is 34.1. The molecule has 7 aromatic carbocycles. The van der Waals surface area contributed by atoms with E-state index in [9.17, 15) is 57.4 Å². The number of hydrogen-bond donors (Lipinski definition) is 0. The van der Waals surface area contributed by atoms with Crippen molar-refractivity contribution in [3.05, 3.63) is 306 Å². The van der Waals surface area contributed by atoms with Gasteiger partial charge < -0.3 is 14.7 Å². The van der Waals surface area contributed by atoms with Gasteiger partial charge in [0.05, 0.1) is 34.8 Å². The molecule has 109 heavy (non-hydrogen) atoms. The van der Waals surface area contributed by atoms with Gasteiger partial charge in [-0.25, -0.2) is 8.42 Å². The summed E-state index contributed by atoms with van der Waals surface area (Å²) in [5, 5.41) is 25.3. The Balaban J connectivity index is 0.000000169. The van der Waals surface area contributed by atoms with Crippen LogP contribution in [0.2, 0.25) is 30.1 Å². The summed E-state index contributed by atoms with van der Waals surface area (Å²) < 4.78 is 27.8. The van der Waals surface area contributed by atoms with Gasteiger partial charge >= 0.3 is 0 Å². The Bertz CT molecular complexity index is 4910. The van der Waals surface area contributed by atoms with E-state index < -0.39 is 36.1 Å². The molecule has 3 spiro atoms. The molecule has 0 N–H and O–H groups in total. The second-order valence-electron chi connectivity index (χ2n) is 27.2. The van der Waals surface area contributed by atoms with E-state index in [4.69, 9.17) is 69.6 Å². The summed E-state index contributed by atoms with van der Waals surface area (Å²) in [6.45, 7) is 14.6. The minimum atomic E-state index is -3.69. The first-order valence-corrected chi connectivity index (χ1v) is 38.9. The van der Waals surface area contributed by atoms with E-state index in [-0.39, 0.29) is 51.3 Å². The number of sulfonamides is 1. The van der Waals surface area contributed by atoms with Crippen molar-refractivity contribution < 1.29 is 47.0 Å². The number of allylic oxidation sites excluding steroid dienone is 4. The van der Waals surface area contributed by atoms with Crippen LogP contribution in [0.25, 0.3) is 36.5 Å². The van der Waals surface area contributed by atoms with Crippen LogP contribution in [-0.2, 0) is 34.0 Å². The van der Waals surface area contributed by atoms with E-state index in [1.54, 1.807) is 99.6 Å². The van der Waals surface area contributed by atoms with E-state index in [1.165, 1.54) is 65.0 Å². The largest absolute Gasteiger partial charge is 0.339 e. The van der Waals surface area contributed by atoms with Gasteiger partial charge in [0.15, 0.2) is 17.3 Å². The van der Waals surface area contributed by atoms with Crippen LogP contribution in [0.15, 0.2) is 221 Å². The Kier molecular flexibility index (Phi) is 25.1. The van der Waals surface area contributed by atoms with Gasteiger partial charge in [0.1, 0.15) is 0 Å². The normalized spacial score (nSPS) is 19.9. The van der Waals surface area contributed by atoms with Gasteiger partial charge in [0, 0.05) is 142 Å². The highest BCUT2D eigenvalue weighted by Crippen LogP contribution is 2.59. The predicted molar refractivity (Wildman–Crippen MR) is 431 cm³/mol. The zero-order valence-electron chi connectivity index (χ0n) is 59.4. The fourth-order valence-electron chi connectivity index (χ4n) is 14.8. The first-order chi connectivity index (χ1) is 52.1. The lowest BCUT2D eigenvalue weighted by molar-refractivity contribution is -0.385. The van der Waals surface area contributed by atoms with E-state index >= 15 is 0 Å². The molecule has 3 aliphatic carbocycles. The molecule has 0 radical (unpaired) electrons. The number of nitro benzene ring substituents is 2. The average Bonchev–Trinajstić information content (AvgIpc) is 1.49. The summed E-state index contributed by atoms with van der Waals surface area (Å²) in [7, 11) is -3.69. The van der Waals surface area contributed by atoms with Gasteiger partial charge in [-0.1, -0.05) is 133 Å². The maximum atomic E-state index is 13.6. The number of benzene rings is 7. The van der Waals surface area contributed by atoms with Crippen LogP contribution in [0.5, 0.6) is 0 Å². The minimum absolute atomic E-state index is 0.0165. The monoisotopic (exact) mass is 1600 g/mol. The van der Waals surface area contributed by atoms with Crippen molar-refractivity contribution in [1.82, 2.24) is 19.0 Å². The van der Waals surface area contributed by atoms with Crippen molar-refractivity contribution in [2.45, 2.75) is 63.7 Å². The molecule has 7 aromatic rings. The SMILES string of the molecule is C=CC(=O)N1CCC2(C1)/C(=C\c1ccc(Cl)cc1)C(=O)/C2=C/c1ccc(Cl)cc1.C=CC(=O)N1CCC2(CC1)/C(=C\c1ccc(Cl)c(Cl)c1)C(=O)/C2=C/c1ccc(Cl)c(Cl)c1.CCCN(CCC)S(=O)(=O)c1ccc(C(=O)N2CCC3(CC2)/C(=C\c2ccc([N+](=O)[O-])cc2)C(=O)/C3=C/c2ccc([N+](=O)[O-])cc2)cc1. The van der Waals surface area contributed by atoms with Crippen LogP contribution in [-0.4, -0.2) is 125 Å². The highest BCUT2D eigenvalue weighted by atomic mass is 35.5. The number of Topliss-reactive ketones (excluding diaryl/α,β-unsaturated/α-hetero) is 3. The van der Waals surface area contributed by atoms with Crippen molar-refractivity contribution in [1.29, 1.82) is 0 Å². The highest BCUT2D eigenvalue weighted by Gasteiger charge is 2.58. The molecule has 6 aliphatic rings. The van der Waals surface area contributed by atoms with Gasteiger partial charge in [-0.05, 0) is 224 Å². The lowest BCUT2D eigenvalue weighted by Gasteiger charge is -2.50. The zero-order valence-corrected chi connectivity index (χ0v) is 64.8. The Morgan fingerprint density at radius 1 is 0.440 bits per heavy atom. The topological polar surface area (TPSA) is 236 Å². The van der Waals surface area contributed by atoms with E-state index in [0.29, 0.717) is 166 Å². The number of hydrogen-bond acceptors (Lipinski definition) is 12. The maximum Gasteiger partial charge on any atom is 0.269 e. The molecule has 3 aliphatic heterocycles. The van der Waals surface area contributed by atoms with Crippen molar-refractivity contribution >= 4 is 163 Å². The number of piperidine rings is 2. The lowest BCUT2D eigenvalue weighted by Crippen LogP contribution is -2.52. The Morgan fingerprint density at radius 3 is 1.10 bits per heavy atom. The fourth-order valence-corrected chi connectivity index (χ4v) is 17.3. The Morgan fingerprint density at radius 2 is 0.752 bits per heavy atom. The van der Waals surface area contributed by atoms with E-state index in [1.807, 2.05) is 74.5 Å². The molecule has 560 valence electrons. The first-order valence-electron chi connectivity index (χ1n) is 35.2. The third kappa shape index (κ3) is 17.1. The van der Waals surface area contributed by atoms with Crippen LogP contribution < -0.4 is 0 Å². The van der Waals surface area contributed by atoms with Crippen molar-refractivity contribution in [3.63, 3.8) is 0 Å². The molecule has 3 amide bonds. The molecule has 3 saturated heterocycles. The summed E-state index contributed by atoms with van der Waals surface area (Å²) in [5.74, 6) is -0.662. The molecular formula is C84H74Cl6N6O12S. The Hall–Kier alpha value is -9.67. The molecule has 0 aromatic heterocycles. The Labute approximate surface area is 661 Å².